The summed E-state index contributed by atoms with van der Waals surface area (Å²) in [4.78, 5) is 2.32. The molecule has 0 atom stereocenters. The van der Waals surface area contributed by atoms with Gasteiger partial charge in [0, 0.05) is 30.9 Å². The first kappa shape index (κ1) is 12.4. The fourth-order valence-corrected chi connectivity index (χ4v) is 2.44. The van der Waals surface area contributed by atoms with Crippen LogP contribution in [0.15, 0.2) is 18.2 Å². The lowest BCUT2D eigenvalue weighted by atomic mass is 9.98. The van der Waals surface area contributed by atoms with E-state index >= 15 is 0 Å². The number of piperidine rings is 1. The molecular formula is C14H21FN2. The average Bonchev–Trinajstić information content (AvgIpc) is 2.33. The third-order valence-electron chi connectivity index (χ3n) is 3.57. The highest BCUT2D eigenvalue weighted by atomic mass is 19.1. The highest BCUT2D eigenvalue weighted by Gasteiger charge is 2.19. The van der Waals surface area contributed by atoms with Gasteiger partial charge in [0.2, 0.25) is 0 Å². The molecule has 1 heterocycles. The molecule has 1 fully saturated rings. The van der Waals surface area contributed by atoms with E-state index in [0.717, 1.165) is 30.3 Å². The number of halogens is 1. The molecule has 1 aromatic carbocycles. The van der Waals surface area contributed by atoms with E-state index in [4.69, 9.17) is 0 Å². The Morgan fingerprint density at radius 2 is 2.06 bits per heavy atom. The van der Waals surface area contributed by atoms with Crippen LogP contribution in [0.4, 0.5) is 10.1 Å². The Balaban J connectivity index is 2.22. The molecule has 94 valence electrons. The SMILES string of the molecule is CNCc1c(F)cccc1N1CCC(C)CC1. The lowest BCUT2D eigenvalue weighted by Gasteiger charge is -2.33. The molecule has 1 aliphatic rings. The van der Waals surface area contributed by atoms with E-state index in [0.29, 0.717) is 6.54 Å². The zero-order valence-electron chi connectivity index (χ0n) is 10.7. The first-order valence-electron chi connectivity index (χ1n) is 6.39. The fourth-order valence-electron chi connectivity index (χ4n) is 2.44. The maximum absolute atomic E-state index is 13.8. The molecule has 17 heavy (non-hydrogen) atoms. The third-order valence-corrected chi connectivity index (χ3v) is 3.57. The zero-order chi connectivity index (χ0) is 12.3. The minimum absolute atomic E-state index is 0.101. The number of nitrogens with zero attached hydrogens (tertiary/aromatic N) is 1. The van der Waals surface area contributed by atoms with Gasteiger partial charge in [-0.05, 0) is 37.9 Å². The average molecular weight is 236 g/mol. The lowest BCUT2D eigenvalue weighted by molar-refractivity contribution is 0.437. The van der Waals surface area contributed by atoms with E-state index in [1.54, 1.807) is 6.07 Å². The van der Waals surface area contributed by atoms with Crippen LogP contribution in [0.3, 0.4) is 0 Å². The Labute approximate surface area is 103 Å². The zero-order valence-corrected chi connectivity index (χ0v) is 10.7. The Morgan fingerprint density at radius 1 is 1.35 bits per heavy atom. The van der Waals surface area contributed by atoms with Crippen molar-refractivity contribution in [3.8, 4) is 0 Å². The van der Waals surface area contributed by atoms with E-state index < -0.39 is 0 Å². The van der Waals surface area contributed by atoms with Crippen molar-refractivity contribution in [1.82, 2.24) is 5.32 Å². The van der Waals surface area contributed by atoms with Crippen molar-refractivity contribution >= 4 is 5.69 Å². The van der Waals surface area contributed by atoms with E-state index in [1.165, 1.54) is 12.8 Å². The number of hydrogen-bond acceptors (Lipinski definition) is 2. The van der Waals surface area contributed by atoms with Gasteiger partial charge in [0.15, 0.2) is 0 Å². The van der Waals surface area contributed by atoms with E-state index in [1.807, 2.05) is 19.2 Å². The number of hydrogen-bond donors (Lipinski definition) is 1. The van der Waals surface area contributed by atoms with E-state index in [2.05, 4.69) is 17.1 Å². The monoisotopic (exact) mass is 236 g/mol. The molecule has 0 radical (unpaired) electrons. The maximum atomic E-state index is 13.8. The smallest absolute Gasteiger partial charge is 0.129 e. The van der Waals surface area contributed by atoms with Gasteiger partial charge in [-0.3, -0.25) is 0 Å². The summed E-state index contributed by atoms with van der Waals surface area (Å²) in [5, 5.41) is 3.05. The molecule has 0 aliphatic carbocycles. The van der Waals surface area contributed by atoms with Gasteiger partial charge in [-0.25, -0.2) is 4.39 Å². The Kier molecular flexibility index (Phi) is 4.00. The van der Waals surface area contributed by atoms with E-state index in [9.17, 15) is 4.39 Å². The van der Waals surface area contributed by atoms with Crippen LogP contribution >= 0.6 is 0 Å². The predicted octanol–water partition coefficient (Wildman–Crippen LogP) is 2.78. The van der Waals surface area contributed by atoms with Crippen molar-refractivity contribution in [2.45, 2.75) is 26.3 Å². The van der Waals surface area contributed by atoms with Crippen molar-refractivity contribution in [3.63, 3.8) is 0 Å². The van der Waals surface area contributed by atoms with Crippen LogP contribution in [0, 0.1) is 11.7 Å². The van der Waals surface area contributed by atoms with Crippen LogP contribution in [0.25, 0.3) is 0 Å². The number of nitrogens with one attached hydrogen (secondary N) is 1. The quantitative estimate of drug-likeness (QED) is 0.868. The summed E-state index contributed by atoms with van der Waals surface area (Å²) in [6.45, 7) is 4.97. The van der Waals surface area contributed by atoms with Crippen molar-refractivity contribution in [3.05, 3.63) is 29.6 Å². The maximum Gasteiger partial charge on any atom is 0.129 e. The second-order valence-corrected chi connectivity index (χ2v) is 4.94. The molecule has 0 saturated carbocycles. The summed E-state index contributed by atoms with van der Waals surface area (Å²) < 4.78 is 13.8. The van der Waals surface area contributed by atoms with Crippen molar-refractivity contribution < 1.29 is 4.39 Å². The van der Waals surface area contributed by atoms with Crippen molar-refractivity contribution in [2.75, 3.05) is 25.0 Å². The summed E-state index contributed by atoms with van der Waals surface area (Å²) >= 11 is 0. The first-order valence-corrected chi connectivity index (χ1v) is 6.39. The van der Waals surface area contributed by atoms with E-state index in [-0.39, 0.29) is 5.82 Å². The number of anilines is 1. The van der Waals surface area contributed by atoms with Crippen LogP contribution in [0.1, 0.15) is 25.3 Å². The molecule has 3 heteroatoms. The normalized spacial score (nSPS) is 17.5. The summed E-state index contributed by atoms with van der Waals surface area (Å²) in [5.74, 6) is 0.697. The molecule has 2 rings (SSSR count). The Bertz CT molecular complexity index is 370. The van der Waals surface area contributed by atoms with Gasteiger partial charge in [0.25, 0.3) is 0 Å². The summed E-state index contributed by atoms with van der Waals surface area (Å²) in [5.41, 5.74) is 1.86. The fraction of sp³-hybridized carbons (Fsp3) is 0.571. The van der Waals surface area contributed by atoms with Gasteiger partial charge in [-0.15, -0.1) is 0 Å². The third kappa shape index (κ3) is 2.78. The van der Waals surface area contributed by atoms with Gasteiger partial charge >= 0.3 is 0 Å². The highest BCUT2D eigenvalue weighted by Crippen LogP contribution is 2.27. The highest BCUT2D eigenvalue weighted by molar-refractivity contribution is 5.54. The van der Waals surface area contributed by atoms with Crippen molar-refractivity contribution in [1.29, 1.82) is 0 Å². The molecule has 1 N–H and O–H groups in total. The number of benzene rings is 1. The van der Waals surface area contributed by atoms with Crippen LogP contribution in [-0.4, -0.2) is 20.1 Å². The molecular weight excluding hydrogens is 215 g/mol. The number of rotatable bonds is 3. The second-order valence-electron chi connectivity index (χ2n) is 4.94. The van der Waals surface area contributed by atoms with Gasteiger partial charge < -0.3 is 10.2 Å². The molecule has 1 aliphatic heterocycles. The molecule has 0 aromatic heterocycles. The molecule has 0 amide bonds. The topological polar surface area (TPSA) is 15.3 Å². The van der Waals surface area contributed by atoms with Gasteiger partial charge in [0.05, 0.1) is 0 Å². The molecule has 0 bridgehead atoms. The van der Waals surface area contributed by atoms with Crippen LogP contribution in [0.5, 0.6) is 0 Å². The minimum atomic E-state index is -0.101. The first-order chi connectivity index (χ1) is 8.22. The lowest BCUT2D eigenvalue weighted by Crippen LogP contribution is -2.34. The van der Waals surface area contributed by atoms with Crippen LogP contribution < -0.4 is 10.2 Å². The summed E-state index contributed by atoms with van der Waals surface area (Å²) in [6.07, 6.45) is 2.41. The van der Waals surface area contributed by atoms with Crippen LogP contribution in [0.2, 0.25) is 0 Å². The second kappa shape index (κ2) is 5.50. The standard InChI is InChI=1S/C14H21FN2/c1-11-6-8-17(9-7-11)14-5-3-4-13(15)12(14)10-16-2/h3-5,11,16H,6-10H2,1-2H3. The molecule has 2 nitrogen and oxygen atoms in total. The summed E-state index contributed by atoms with van der Waals surface area (Å²) in [7, 11) is 1.86. The minimum Gasteiger partial charge on any atom is -0.371 e. The molecule has 1 aromatic rings. The largest absolute Gasteiger partial charge is 0.371 e. The Morgan fingerprint density at radius 3 is 2.71 bits per heavy atom. The predicted molar refractivity (Wildman–Crippen MR) is 69.8 cm³/mol. The Hall–Kier alpha value is -1.09. The van der Waals surface area contributed by atoms with Crippen molar-refractivity contribution in [2.24, 2.45) is 5.92 Å². The molecule has 0 unspecified atom stereocenters. The van der Waals surface area contributed by atoms with Gasteiger partial charge in [0.1, 0.15) is 5.82 Å². The van der Waals surface area contributed by atoms with Gasteiger partial charge in [-0.2, -0.15) is 0 Å². The summed E-state index contributed by atoms with van der Waals surface area (Å²) in [6, 6.07) is 5.39. The van der Waals surface area contributed by atoms with Gasteiger partial charge in [-0.1, -0.05) is 13.0 Å². The molecule has 1 saturated heterocycles. The molecule has 0 spiro atoms. The van der Waals surface area contributed by atoms with Crippen LogP contribution in [-0.2, 0) is 6.54 Å².